The number of anilines is 1. The topological polar surface area (TPSA) is 63.7 Å². The standard InChI is InChI=1S/C20H16ClNO4S/c1-11-4-2-5-13-17(11)19(24)22(18(13)23)14-10-12(21)7-8-15(14)26-20(25)16-6-3-9-27-16/h2-4,6-11,13,17H,5H2,1H3. The van der Waals surface area contributed by atoms with Crippen molar-refractivity contribution in [1.29, 1.82) is 0 Å². The number of hydrogen-bond donors (Lipinski definition) is 0. The van der Waals surface area contributed by atoms with Crippen molar-refractivity contribution in [2.45, 2.75) is 13.3 Å². The van der Waals surface area contributed by atoms with Crippen molar-refractivity contribution in [3.8, 4) is 5.75 Å². The first-order valence-electron chi connectivity index (χ1n) is 8.57. The molecule has 3 atom stereocenters. The van der Waals surface area contributed by atoms with Crippen LogP contribution < -0.4 is 9.64 Å². The average molecular weight is 402 g/mol. The maximum Gasteiger partial charge on any atom is 0.353 e. The number of amides is 2. The number of imide groups is 1. The summed E-state index contributed by atoms with van der Waals surface area (Å²) in [6.45, 7) is 1.93. The molecule has 0 radical (unpaired) electrons. The van der Waals surface area contributed by atoms with Crippen LogP contribution in [0.4, 0.5) is 5.69 Å². The van der Waals surface area contributed by atoms with Crippen LogP contribution in [-0.2, 0) is 9.59 Å². The fourth-order valence-electron chi connectivity index (χ4n) is 3.68. The zero-order valence-electron chi connectivity index (χ0n) is 14.4. The Morgan fingerprint density at radius 3 is 2.78 bits per heavy atom. The van der Waals surface area contributed by atoms with Gasteiger partial charge in [-0.3, -0.25) is 9.59 Å². The van der Waals surface area contributed by atoms with E-state index in [1.165, 1.54) is 23.5 Å². The molecule has 1 aromatic heterocycles. The number of esters is 1. The van der Waals surface area contributed by atoms with Crippen LogP contribution in [0.15, 0.2) is 47.9 Å². The first-order chi connectivity index (χ1) is 13.0. The van der Waals surface area contributed by atoms with E-state index in [0.29, 0.717) is 16.3 Å². The molecule has 2 amide bonds. The smallest absolute Gasteiger partial charge is 0.353 e. The van der Waals surface area contributed by atoms with E-state index in [2.05, 4.69) is 0 Å². The molecule has 1 fully saturated rings. The summed E-state index contributed by atoms with van der Waals surface area (Å²) in [6, 6.07) is 7.95. The molecule has 138 valence electrons. The van der Waals surface area contributed by atoms with Crippen molar-refractivity contribution >= 4 is 46.4 Å². The van der Waals surface area contributed by atoms with Crippen LogP contribution in [0.25, 0.3) is 0 Å². The summed E-state index contributed by atoms with van der Waals surface area (Å²) >= 11 is 7.36. The molecule has 0 bridgehead atoms. The van der Waals surface area contributed by atoms with Gasteiger partial charge < -0.3 is 4.74 Å². The minimum absolute atomic E-state index is 0.0264. The Morgan fingerprint density at radius 2 is 2.07 bits per heavy atom. The fourth-order valence-corrected chi connectivity index (χ4v) is 4.45. The summed E-state index contributed by atoms with van der Waals surface area (Å²) in [5, 5.41) is 2.12. The van der Waals surface area contributed by atoms with Gasteiger partial charge in [0, 0.05) is 5.02 Å². The quantitative estimate of drug-likeness (QED) is 0.332. The second-order valence-electron chi connectivity index (χ2n) is 6.65. The summed E-state index contributed by atoms with van der Waals surface area (Å²) in [7, 11) is 0. The van der Waals surface area contributed by atoms with Crippen LogP contribution in [0.3, 0.4) is 0 Å². The molecule has 7 heteroatoms. The highest BCUT2D eigenvalue weighted by atomic mass is 35.5. The lowest BCUT2D eigenvalue weighted by molar-refractivity contribution is -0.122. The van der Waals surface area contributed by atoms with Crippen LogP contribution in [0, 0.1) is 17.8 Å². The third-order valence-electron chi connectivity index (χ3n) is 4.96. The largest absolute Gasteiger partial charge is 0.420 e. The van der Waals surface area contributed by atoms with Gasteiger partial charge in [0.15, 0.2) is 5.75 Å². The maximum absolute atomic E-state index is 13.0. The zero-order chi connectivity index (χ0) is 19.1. The van der Waals surface area contributed by atoms with Gasteiger partial charge in [-0.2, -0.15) is 0 Å². The molecule has 1 saturated heterocycles. The van der Waals surface area contributed by atoms with E-state index in [1.54, 1.807) is 23.6 Å². The Morgan fingerprint density at radius 1 is 1.26 bits per heavy atom. The monoisotopic (exact) mass is 401 g/mol. The maximum atomic E-state index is 13.0. The normalized spacial score (nSPS) is 24.2. The summed E-state index contributed by atoms with van der Waals surface area (Å²) in [5.74, 6) is -1.78. The molecule has 0 saturated carbocycles. The zero-order valence-corrected chi connectivity index (χ0v) is 16.0. The number of fused-ring (bicyclic) bond motifs is 1. The number of carbonyl (C=O) groups excluding carboxylic acids is 3. The van der Waals surface area contributed by atoms with E-state index in [1.807, 2.05) is 19.1 Å². The molecule has 0 N–H and O–H groups in total. The molecule has 1 aliphatic heterocycles. The Kier molecular flexibility index (Phi) is 4.61. The first kappa shape index (κ1) is 17.9. The number of allylic oxidation sites excluding steroid dienone is 2. The lowest BCUT2D eigenvalue weighted by Gasteiger charge is -2.22. The number of hydrogen-bond acceptors (Lipinski definition) is 5. The van der Waals surface area contributed by atoms with Gasteiger partial charge in [-0.05, 0) is 42.0 Å². The summed E-state index contributed by atoms with van der Waals surface area (Å²) in [5.41, 5.74) is 0.212. The van der Waals surface area contributed by atoms with Crippen molar-refractivity contribution in [3.63, 3.8) is 0 Å². The number of ether oxygens (including phenoxy) is 1. The Bertz CT molecular complexity index is 953. The number of benzene rings is 1. The molecule has 0 spiro atoms. The molecule has 2 aromatic rings. The predicted molar refractivity (Wildman–Crippen MR) is 103 cm³/mol. The Hall–Kier alpha value is -2.44. The molecule has 1 aliphatic carbocycles. The summed E-state index contributed by atoms with van der Waals surface area (Å²) < 4.78 is 5.49. The summed E-state index contributed by atoms with van der Waals surface area (Å²) in [6.07, 6.45) is 4.43. The Balaban J connectivity index is 1.71. The molecule has 3 unspecified atom stereocenters. The van der Waals surface area contributed by atoms with E-state index in [4.69, 9.17) is 16.3 Å². The number of carbonyl (C=O) groups is 3. The van der Waals surface area contributed by atoms with Gasteiger partial charge in [0.05, 0.1) is 17.5 Å². The van der Waals surface area contributed by atoms with E-state index in [0.717, 1.165) is 4.90 Å². The van der Waals surface area contributed by atoms with Crippen LogP contribution in [0.1, 0.15) is 23.0 Å². The number of halogens is 1. The van der Waals surface area contributed by atoms with Crippen LogP contribution in [-0.4, -0.2) is 17.8 Å². The van der Waals surface area contributed by atoms with Crippen molar-refractivity contribution in [2.24, 2.45) is 17.8 Å². The highest BCUT2D eigenvalue weighted by molar-refractivity contribution is 7.12. The lowest BCUT2D eigenvalue weighted by Crippen LogP contribution is -2.32. The van der Waals surface area contributed by atoms with Crippen LogP contribution in [0.5, 0.6) is 5.75 Å². The molecule has 27 heavy (non-hydrogen) atoms. The van der Waals surface area contributed by atoms with Crippen molar-refractivity contribution in [3.05, 3.63) is 57.8 Å². The van der Waals surface area contributed by atoms with Crippen molar-refractivity contribution in [2.75, 3.05) is 4.90 Å². The second kappa shape index (κ2) is 6.94. The third kappa shape index (κ3) is 3.09. The van der Waals surface area contributed by atoms with Gasteiger partial charge in [0.25, 0.3) is 0 Å². The SMILES string of the molecule is CC1C=CCC2C(=O)N(c3cc(Cl)ccc3OC(=O)c3cccs3)C(=O)C12. The van der Waals surface area contributed by atoms with Gasteiger partial charge in [-0.25, -0.2) is 9.69 Å². The third-order valence-corrected chi connectivity index (χ3v) is 6.04. The van der Waals surface area contributed by atoms with Gasteiger partial charge >= 0.3 is 5.97 Å². The van der Waals surface area contributed by atoms with E-state index >= 15 is 0 Å². The number of rotatable bonds is 3. The molecule has 2 heterocycles. The van der Waals surface area contributed by atoms with Gasteiger partial charge in [0.2, 0.25) is 11.8 Å². The number of thiophene rings is 1. The van der Waals surface area contributed by atoms with Crippen molar-refractivity contribution < 1.29 is 19.1 Å². The molecule has 2 aliphatic rings. The van der Waals surface area contributed by atoms with Gasteiger partial charge in [-0.15, -0.1) is 11.3 Å². The highest BCUT2D eigenvalue weighted by Crippen LogP contribution is 2.43. The number of nitrogens with zero attached hydrogens (tertiary/aromatic N) is 1. The molecule has 4 rings (SSSR count). The van der Waals surface area contributed by atoms with E-state index < -0.39 is 17.8 Å². The molecule has 1 aromatic carbocycles. The predicted octanol–water partition coefficient (Wildman–Crippen LogP) is 4.32. The van der Waals surface area contributed by atoms with Crippen molar-refractivity contribution in [1.82, 2.24) is 0 Å². The average Bonchev–Trinajstić information content (AvgIpc) is 3.25. The van der Waals surface area contributed by atoms with Crippen LogP contribution in [0.2, 0.25) is 5.02 Å². The fraction of sp³-hybridized carbons (Fsp3) is 0.250. The van der Waals surface area contributed by atoms with E-state index in [-0.39, 0.29) is 29.2 Å². The van der Waals surface area contributed by atoms with E-state index in [9.17, 15) is 14.4 Å². The van der Waals surface area contributed by atoms with Gasteiger partial charge in [-0.1, -0.05) is 36.7 Å². The Labute approximate surface area is 165 Å². The van der Waals surface area contributed by atoms with Crippen LogP contribution >= 0.6 is 22.9 Å². The molecule has 5 nitrogen and oxygen atoms in total. The first-order valence-corrected chi connectivity index (χ1v) is 9.83. The summed E-state index contributed by atoms with van der Waals surface area (Å²) in [4.78, 5) is 39.9. The second-order valence-corrected chi connectivity index (χ2v) is 8.03. The van der Waals surface area contributed by atoms with Gasteiger partial charge in [0.1, 0.15) is 4.88 Å². The minimum atomic E-state index is -0.542. The molecular formula is C20H16ClNO4S. The lowest BCUT2D eigenvalue weighted by atomic mass is 9.78. The molecular weight excluding hydrogens is 386 g/mol. The minimum Gasteiger partial charge on any atom is -0.420 e. The highest BCUT2D eigenvalue weighted by Gasteiger charge is 2.51.